The fourth-order valence-corrected chi connectivity index (χ4v) is 10.6. The van der Waals surface area contributed by atoms with E-state index in [2.05, 4.69) is 212 Å². The summed E-state index contributed by atoms with van der Waals surface area (Å²) >= 11 is 0. The number of rotatable bonds is 5. The van der Waals surface area contributed by atoms with Crippen LogP contribution in [0, 0.1) is 0 Å². The van der Waals surface area contributed by atoms with Gasteiger partial charge in [0.25, 0.3) is 0 Å². The van der Waals surface area contributed by atoms with Crippen molar-refractivity contribution >= 4 is 87.5 Å². The van der Waals surface area contributed by atoms with E-state index in [0.717, 1.165) is 89.0 Å². The third-order valence-electron chi connectivity index (χ3n) is 13.2. The quantitative estimate of drug-likeness (QED) is 0.174. The molecule has 6 heteroatoms. The molecule has 14 rings (SSSR count). The van der Waals surface area contributed by atoms with Gasteiger partial charge in [-0.15, -0.1) is 0 Å². The number of benzene rings is 8. The van der Waals surface area contributed by atoms with Gasteiger partial charge in [0, 0.05) is 66.7 Å². The largest absolute Gasteiger partial charge is 0.307 e. The average molecular weight is 817 g/mol. The molecule has 0 aliphatic rings. The zero-order chi connectivity index (χ0) is 41.9. The van der Waals surface area contributed by atoms with Gasteiger partial charge in [0.15, 0.2) is 0 Å². The monoisotopic (exact) mass is 816 g/mol. The lowest BCUT2D eigenvalue weighted by atomic mass is 10.0. The molecule has 298 valence electrons. The maximum atomic E-state index is 5.31. The smallest absolute Gasteiger partial charge is 0.146 e. The molecule has 0 saturated heterocycles. The van der Waals surface area contributed by atoms with Gasteiger partial charge in [-0.2, -0.15) is 0 Å². The minimum Gasteiger partial charge on any atom is -0.307 e. The molecule has 0 radical (unpaired) electrons. The molecule has 0 saturated carbocycles. The van der Waals surface area contributed by atoms with Gasteiger partial charge in [-0.3, -0.25) is 4.57 Å². The second-order valence-corrected chi connectivity index (χ2v) is 16.6. The SMILES string of the molecule is c1ccc(-n2c3ncccc3c3cc(-c4cc(-n5c6ccccc6c6ccccc65)c(-n5c6ccccc6c6ccccc65)c(-n5c6ccccc6c6ccccc65)c4)cnc32)cc1. The number of pyridine rings is 2. The summed E-state index contributed by atoms with van der Waals surface area (Å²) in [5.74, 6) is 0. The first-order valence-electron chi connectivity index (χ1n) is 21.7. The molecule has 0 atom stereocenters. The van der Waals surface area contributed by atoms with Crippen molar-refractivity contribution in [3.05, 3.63) is 219 Å². The molecule has 0 N–H and O–H groups in total. The Labute approximate surface area is 366 Å². The fourth-order valence-electron chi connectivity index (χ4n) is 10.6. The van der Waals surface area contributed by atoms with Crippen molar-refractivity contribution in [2.45, 2.75) is 0 Å². The summed E-state index contributed by atoms with van der Waals surface area (Å²) in [6.07, 6.45) is 3.91. The number of hydrogen-bond acceptors (Lipinski definition) is 2. The Balaban J connectivity index is 1.19. The first kappa shape index (κ1) is 34.9. The topological polar surface area (TPSA) is 45.5 Å². The number of hydrogen-bond donors (Lipinski definition) is 0. The zero-order valence-corrected chi connectivity index (χ0v) is 34.5. The van der Waals surface area contributed by atoms with Crippen LogP contribution in [0.1, 0.15) is 0 Å². The maximum Gasteiger partial charge on any atom is 0.146 e. The van der Waals surface area contributed by atoms with E-state index in [9.17, 15) is 0 Å². The van der Waals surface area contributed by atoms with Crippen molar-refractivity contribution in [2.24, 2.45) is 0 Å². The van der Waals surface area contributed by atoms with Crippen LogP contribution < -0.4 is 0 Å². The van der Waals surface area contributed by atoms with Crippen molar-refractivity contribution < 1.29 is 0 Å². The van der Waals surface area contributed by atoms with Crippen LogP contribution >= 0.6 is 0 Å². The van der Waals surface area contributed by atoms with Crippen molar-refractivity contribution in [2.75, 3.05) is 0 Å². The minimum atomic E-state index is 0.871. The van der Waals surface area contributed by atoms with Crippen LogP contribution in [0.25, 0.3) is 121 Å². The molecule has 8 aromatic carbocycles. The number of para-hydroxylation sites is 7. The average Bonchev–Trinajstić information content (AvgIpc) is 4.09. The van der Waals surface area contributed by atoms with E-state index in [1.807, 2.05) is 24.5 Å². The molecule has 0 aliphatic carbocycles. The second kappa shape index (κ2) is 13.4. The summed E-state index contributed by atoms with van der Waals surface area (Å²) in [6, 6.07) is 74.6. The first-order chi connectivity index (χ1) is 31.8. The third kappa shape index (κ3) is 4.85. The highest BCUT2D eigenvalue weighted by molar-refractivity contribution is 6.14. The van der Waals surface area contributed by atoms with Crippen LogP contribution in [0.15, 0.2) is 219 Å². The van der Waals surface area contributed by atoms with Crippen LogP contribution in [-0.2, 0) is 0 Å². The Morgan fingerprint density at radius 3 is 1.14 bits per heavy atom. The summed E-state index contributed by atoms with van der Waals surface area (Å²) < 4.78 is 9.66. The highest BCUT2D eigenvalue weighted by Crippen LogP contribution is 2.45. The Kier molecular flexibility index (Phi) is 7.30. The van der Waals surface area contributed by atoms with Gasteiger partial charge in [0.2, 0.25) is 0 Å². The Morgan fingerprint density at radius 2 is 0.672 bits per heavy atom. The van der Waals surface area contributed by atoms with Crippen molar-refractivity contribution in [3.8, 4) is 33.9 Å². The zero-order valence-electron chi connectivity index (χ0n) is 34.5. The van der Waals surface area contributed by atoms with E-state index >= 15 is 0 Å². The van der Waals surface area contributed by atoms with Crippen molar-refractivity contribution in [1.29, 1.82) is 0 Å². The predicted molar refractivity (Wildman–Crippen MR) is 265 cm³/mol. The van der Waals surface area contributed by atoms with E-state index in [0.29, 0.717) is 0 Å². The normalized spacial score (nSPS) is 12.1. The van der Waals surface area contributed by atoms with Gasteiger partial charge < -0.3 is 13.7 Å². The van der Waals surface area contributed by atoms with E-state index in [1.54, 1.807) is 0 Å². The number of aromatic nitrogens is 6. The van der Waals surface area contributed by atoms with Gasteiger partial charge in [-0.25, -0.2) is 9.97 Å². The Hall–Kier alpha value is -8.74. The molecule has 0 amide bonds. The van der Waals surface area contributed by atoms with Crippen molar-refractivity contribution in [3.63, 3.8) is 0 Å². The summed E-state index contributed by atoms with van der Waals surface area (Å²) in [6.45, 7) is 0. The summed E-state index contributed by atoms with van der Waals surface area (Å²) in [5.41, 5.74) is 14.9. The molecule has 6 nitrogen and oxygen atoms in total. The molecule has 6 heterocycles. The fraction of sp³-hybridized carbons (Fsp3) is 0. The van der Waals surface area contributed by atoms with Gasteiger partial charge in [-0.1, -0.05) is 127 Å². The van der Waals surface area contributed by atoms with Crippen LogP contribution in [0.2, 0.25) is 0 Å². The lowest BCUT2D eigenvalue weighted by Gasteiger charge is -2.23. The van der Waals surface area contributed by atoms with E-state index in [1.165, 1.54) is 32.3 Å². The lowest BCUT2D eigenvalue weighted by Crippen LogP contribution is -2.10. The molecule has 0 fully saturated rings. The summed E-state index contributed by atoms with van der Waals surface area (Å²) in [7, 11) is 0. The molecule has 64 heavy (non-hydrogen) atoms. The molecular formula is C58H36N6. The van der Waals surface area contributed by atoms with Crippen LogP contribution in [0.4, 0.5) is 0 Å². The lowest BCUT2D eigenvalue weighted by molar-refractivity contribution is 1.05. The molecular weight excluding hydrogens is 781 g/mol. The van der Waals surface area contributed by atoms with E-state index < -0.39 is 0 Å². The Bertz CT molecular complexity index is 3910. The molecule has 0 spiro atoms. The van der Waals surface area contributed by atoms with Gasteiger partial charge in [-0.05, 0) is 84.4 Å². The molecule has 0 unspecified atom stereocenters. The second-order valence-electron chi connectivity index (χ2n) is 16.6. The van der Waals surface area contributed by atoms with E-state index in [4.69, 9.17) is 9.97 Å². The minimum absolute atomic E-state index is 0.871. The Morgan fingerprint density at radius 1 is 0.281 bits per heavy atom. The van der Waals surface area contributed by atoms with Gasteiger partial charge >= 0.3 is 0 Å². The molecule has 0 aliphatic heterocycles. The van der Waals surface area contributed by atoms with Crippen LogP contribution in [0.3, 0.4) is 0 Å². The molecule has 6 aromatic heterocycles. The highest BCUT2D eigenvalue weighted by atomic mass is 15.1. The van der Waals surface area contributed by atoms with E-state index in [-0.39, 0.29) is 0 Å². The van der Waals surface area contributed by atoms with Crippen molar-refractivity contribution in [1.82, 2.24) is 28.2 Å². The van der Waals surface area contributed by atoms with Crippen LogP contribution in [-0.4, -0.2) is 28.2 Å². The number of fused-ring (bicyclic) bond motifs is 12. The van der Waals surface area contributed by atoms with Gasteiger partial charge in [0.05, 0.1) is 50.2 Å². The summed E-state index contributed by atoms with van der Waals surface area (Å²) in [5, 5.41) is 9.36. The highest BCUT2D eigenvalue weighted by Gasteiger charge is 2.26. The van der Waals surface area contributed by atoms with Gasteiger partial charge in [0.1, 0.15) is 11.3 Å². The third-order valence-corrected chi connectivity index (χ3v) is 13.2. The number of nitrogens with zero attached hydrogens (tertiary/aromatic N) is 6. The predicted octanol–water partition coefficient (Wildman–Crippen LogP) is 14.5. The first-order valence-corrected chi connectivity index (χ1v) is 21.7. The summed E-state index contributed by atoms with van der Waals surface area (Å²) in [4.78, 5) is 10.2. The molecule has 14 aromatic rings. The maximum absolute atomic E-state index is 5.31. The standard InChI is InChI=1S/C58H36N6/c1-2-17-39(18-3-1)61-57-46(25-16-32-59-57)47-33-38(36-60-58(47)61)37-34-54(62-48-26-10-4-19-40(48)41-20-5-11-27-49(41)62)56(64-52-30-14-8-23-44(52)45-24-9-15-31-53(45)64)55(35-37)63-50-28-12-6-21-42(50)43-22-7-13-29-51(43)63/h1-36H. The van der Waals surface area contributed by atoms with Crippen LogP contribution in [0.5, 0.6) is 0 Å². The molecule has 0 bridgehead atoms.